The van der Waals surface area contributed by atoms with Crippen LogP contribution in [-0.4, -0.2) is 44.0 Å². The molecule has 1 aromatic carbocycles. The van der Waals surface area contributed by atoms with E-state index >= 15 is 0 Å². The minimum Gasteiger partial charge on any atom is -0.375 e. The molecule has 0 aliphatic carbocycles. The SMILES string of the molecule is O=C(C[C@@H]1CNCCO1)NCCCSCc1ccccc1F. The van der Waals surface area contributed by atoms with Gasteiger partial charge in [0.2, 0.25) is 5.91 Å². The normalized spacial score (nSPS) is 18.1. The lowest BCUT2D eigenvalue weighted by molar-refractivity contribution is -0.124. The molecule has 1 aliphatic rings. The van der Waals surface area contributed by atoms with Crippen molar-refractivity contribution in [2.75, 3.05) is 32.0 Å². The summed E-state index contributed by atoms with van der Waals surface area (Å²) in [6.45, 7) is 2.93. The van der Waals surface area contributed by atoms with Gasteiger partial charge < -0.3 is 15.4 Å². The van der Waals surface area contributed by atoms with Crippen molar-refractivity contribution in [2.45, 2.75) is 24.7 Å². The van der Waals surface area contributed by atoms with Crippen LogP contribution in [0.2, 0.25) is 0 Å². The monoisotopic (exact) mass is 326 g/mol. The molecule has 1 heterocycles. The van der Waals surface area contributed by atoms with E-state index in [4.69, 9.17) is 4.74 Å². The van der Waals surface area contributed by atoms with Gasteiger partial charge in [0.1, 0.15) is 5.82 Å². The van der Waals surface area contributed by atoms with Gasteiger partial charge in [0.25, 0.3) is 0 Å². The predicted molar refractivity (Wildman–Crippen MR) is 87.4 cm³/mol. The minimum absolute atomic E-state index is 0.0100. The van der Waals surface area contributed by atoms with Crippen LogP contribution in [0, 0.1) is 5.82 Å². The quantitative estimate of drug-likeness (QED) is 0.717. The number of rotatable bonds is 8. The van der Waals surface area contributed by atoms with E-state index in [9.17, 15) is 9.18 Å². The van der Waals surface area contributed by atoms with Gasteiger partial charge in [-0.3, -0.25) is 4.79 Å². The lowest BCUT2D eigenvalue weighted by Crippen LogP contribution is -2.41. The van der Waals surface area contributed by atoms with Crippen molar-refractivity contribution >= 4 is 17.7 Å². The summed E-state index contributed by atoms with van der Waals surface area (Å²) in [6.07, 6.45) is 1.29. The van der Waals surface area contributed by atoms with E-state index < -0.39 is 0 Å². The van der Waals surface area contributed by atoms with Crippen molar-refractivity contribution in [3.8, 4) is 0 Å². The summed E-state index contributed by atoms with van der Waals surface area (Å²) in [4.78, 5) is 11.7. The fourth-order valence-electron chi connectivity index (χ4n) is 2.23. The van der Waals surface area contributed by atoms with Crippen LogP contribution in [0.25, 0.3) is 0 Å². The Morgan fingerprint density at radius 3 is 3.09 bits per heavy atom. The molecule has 1 atom stereocenters. The summed E-state index contributed by atoms with van der Waals surface area (Å²) in [7, 11) is 0. The number of nitrogens with one attached hydrogen (secondary N) is 2. The van der Waals surface area contributed by atoms with Crippen LogP contribution in [0.4, 0.5) is 4.39 Å². The number of hydrogen-bond donors (Lipinski definition) is 2. The number of thioether (sulfide) groups is 1. The van der Waals surface area contributed by atoms with Gasteiger partial charge in [-0.2, -0.15) is 11.8 Å². The Hall–Kier alpha value is -1.11. The molecule has 1 fully saturated rings. The molecule has 2 rings (SSSR count). The van der Waals surface area contributed by atoms with Gasteiger partial charge in [-0.05, 0) is 23.8 Å². The van der Waals surface area contributed by atoms with E-state index in [1.54, 1.807) is 17.8 Å². The van der Waals surface area contributed by atoms with Gasteiger partial charge in [-0.25, -0.2) is 4.39 Å². The average Bonchev–Trinajstić information content (AvgIpc) is 2.53. The third-order valence-corrected chi connectivity index (χ3v) is 4.51. The molecule has 0 unspecified atom stereocenters. The molecule has 1 aliphatic heterocycles. The number of halogens is 1. The maximum atomic E-state index is 13.4. The van der Waals surface area contributed by atoms with Crippen LogP contribution in [0.5, 0.6) is 0 Å². The fourth-order valence-corrected chi connectivity index (χ4v) is 3.18. The number of amides is 1. The van der Waals surface area contributed by atoms with Crippen LogP contribution in [0.1, 0.15) is 18.4 Å². The number of benzene rings is 1. The molecule has 0 saturated carbocycles. The van der Waals surface area contributed by atoms with Crippen LogP contribution in [-0.2, 0) is 15.3 Å². The van der Waals surface area contributed by atoms with Gasteiger partial charge in [0.05, 0.1) is 19.1 Å². The maximum absolute atomic E-state index is 13.4. The first-order valence-corrected chi connectivity index (χ1v) is 8.81. The number of ether oxygens (including phenoxy) is 1. The van der Waals surface area contributed by atoms with Crippen molar-refractivity contribution in [1.82, 2.24) is 10.6 Å². The lowest BCUT2D eigenvalue weighted by atomic mass is 10.2. The minimum atomic E-state index is -0.149. The molecule has 0 aromatic heterocycles. The van der Waals surface area contributed by atoms with E-state index in [1.165, 1.54) is 6.07 Å². The second-order valence-electron chi connectivity index (χ2n) is 5.25. The second-order valence-corrected chi connectivity index (χ2v) is 6.35. The highest BCUT2D eigenvalue weighted by molar-refractivity contribution is 7.98. The number of hydrogen-bond acceptors (Lipinski definition) is 4. The Morgan fingerprint density at radius 1 is 1.45 bits per heavy atom. The Labute approximate surface area is 135 Å². The van der Waals surface area contributed by atoms with Crippen molar-refractivity contribution < 1.29 is 13.9 Å². The molecular formula is C16H23FN2O2S. The van der Waals surface area contributed by atoms with Gasteiger partial charge in [-0.1, -0.05) is 18.2 Å². The third-order valence-electron chi connectivity index (χ3n) is 3.42. The molecule has 4 nitrogen and oxygen atoms in total. The smallest absolute Gasteiger partial charge is 0.222 e. The predicted octanol–water partition coefficient (Wildman–Crippen LogP) is 1.94. The number of carbonyl (C=O) groups is 1. The van der Waals surface area contributed by atoms with Crippen LogP contribution >= 0.6 is 11.8 Å². The van der Waals surface area contributed by atoms with E-state index in [0.717, 1.165) is 30.8 Å². The van der Waals surface area contributed by atoms with Crippen molar-refractivity contribution in [2.24, 2.45) is 0 Å². The highest BCUT2D eigenvalue weighted by Gasteiger charge is 2.16. The molecule has 1 aromatic rings. The molecule has 1 saturated heterocycles. The molecule has 0 bridgehead atoms. The first kappa shape index (κ1) is 17.2. The average molecular weight is 326 g/mol. The molecule has 6 heteroatoms. The topological polar surface area (TPSA) is 50.4 Å². The summed E-state index contributed by atoms with van der Waals surface area (Å²) >= 11 is 1.68. The molecule has 2 N–H and O–H groups in total. The molecule has 22 heavy (non-hydrogen) atoms. The van der Waals surface area contributed by atoms with Gasteiger partial charge in [0, 0.05) is 25.4 Å². The lowest BCUT2D eigenvalue weighted by Gasteiger charge is -2.23. The highest BCUT2D eigenvalue weighted by Crippen LogP contribution is 2.15. The van der Waals surface area contributed by atoms with E-state index in [2.05, 4.69) is 10.6 Å². The van der Waals surface area contributed by atoms with Crippen LogP contribution in [0.15, 0.2) is 24.3 Å². The highest BCUT2D eigenvalue weighted by atomic mass is 32.2. The summed E-state index contributed by atoms with van der Waals surface area (Å²) in [5.41, 5.74) is 0.735. The zero-order valence-corrected chi connectivity index (χ0v) is 13.5. The van der Waals surface area contributed by atoms with Crippen LogP contribution < -0.4 is 10.6 Å². The Kier molecular flexibility index (Phi) is 7.70. The molecule has 1 amide bonds. The van der Waals surface area contributed by atoms with Crippen LogP contribution in [0.3, 0.4) is 0 Å². The molecule has 0 spiro atoms. The molecule has 122 valence electrons. The largest absolute Gasteiger partial charge is 0.375 e. The summed E-state index contributed by atoms with van der Waals surface area (Å²) in [5, 5.41) is 6.11. The molecule has 0 radical (unpaired) electrons. The van der Waals surface area contributed by atoms with Crippen molar-refractivity contribution in [3.05, 3.63) is 35.6 Å². The summed E-state index contributed by atoms with van der Waals surface area (Å²) in [6, 6.07) is 6.84. The standard InChI is InChI=1S/C16H23FN2O2S/c17-15-5-2-1-4-13(15)12-22-9-3-6-19-16(20)10-14-11-18-7-8-21-14/h1-2,4-5,14,18H,3,6-12H2,(H,19,20)/t14-/m1/s1. The zero-order valence-electron chi connectivity index (χ0n) is 12.6. The van der Waals surface area contributed by atoms with Crippen molar-refractivity contribution in [3.63, 3.8) is 0 Å². The second kappa shape index (κ2) is 9.82. The fraction of sp³-hybridized carbons (Fsp3) is 0.562. The maximum Gasteiger partial charge on any atom is 0.222 e. The van der Waals surface area contributed by atoms with E-state index in [-0.39, 0.29) is 17.8 Å². The first-order valence-electron chi connectivity index (χ1n) is 7.66. The van der Waals surface area contributed by atoms with Gasteiger partial charge in [0.15, 0.2) is 0 Å². The summed E-state index contributed by atoms with van der Waals surface area (Å²) in [5.74, 6) is 1.45. The van der Waals surface area contributed by atoms with E-state index in [0.29, 0.717) is 25.3 Å². The van der Waals surface area contributed by atoms with Crippen molar-refractivity contribution in [1.29, 1.82) is 0 Å². The molecular weight excluding hydrogens is 303 g/mol. The number of morpholine rings is 1. The summed E-state index contributed by atoms with van der Waals surface area (Å²) < 4.78 is 18.9. The Bertz CT molecular complexity index is 467. The van der Waals surface area contributed by atoms with Gasteiger partial charge >= 0.3 is 0 Å². The first-order chi connectivity index (χ1) is 10.8. The Balaban J connectivity index is 1.50. The number of carbonyl (C=O) groups excluding carboxylic acids is 1. The Morgan fingerprint density at radius 2 is 2.32 bits per heavy atom. The third kappa shape index (κ3) is 6.34. The van der Waals surface area contributed by atoms with Gasteiger partial charge in [-0.15, -0.1) is 0 Å². The van der Waals surface area contributed by atoms with E-state index in [1.807, 2.05) is 12.1 Å². The zero-order chi connectivity index (χ0) is 15.6.